The highest BCUT2D eigenvalue weighted by Gasteiger charge is 2.70. The molecule has 2 heterocycles. The lowest BCUT2D eigenvalue weighted by atomic mass is 9.86. The average Bonchev–Trinajstić information content (AvgIpc) is 2.89. The first kappa shape index (κ1) is 20.6. The standard InChI is InChI=1S/C18H21ClN2O6S/c1-17(2)12(14(23)24)21-15(25)18(3,16(21)28-17)20-13(22)11-9(26-4)6-8(19)7-10(11)27-5/h6-7,12,16H,1-5H3,(H,20,22)(H,23,24)/t12-,16+,18?/m0/s1. The fourth-order valence-corrected chi connectivity index (χ4v) is 5.58. The van der Waals surface area contributed by atoms with Gasteiger partial charge >= 0.3 is 5.97 Å². The second-order valence-corrected chi connectivity index (χ2v) is 9.54. The smallest absolute Gasteiger partial charge is 0.327 e. The number of carboxylic acids is 1. The van der Waals surface area contributed by atoms with E-state index in [0.29, 0.717) is 5.02 Å². The van der Waals surface area contributed by atoms with Crippen LogP contribution in [-0.4, -0.2) is 63.7 Å². The Morgan fingerprint density at radius 3 is 2.21 bits per heavy atom. The highest BCUT2D eigenvalue weighted by Crippen LogP contribution is 2.54. The van der Waals surface area contributed by atoms with Crippen molar-refractivity contribution in [3.05, 3.63) is 22.7 Å². The summed E-state index contributed by atoms with van der Waals surface area (Å²) in [6, 6.07) is 1.99. The molecule has 0 spiro atoms. The van der Waals surface area contributed by atoms with Crippen molar-refractivity contribution in [3.8, 4) is 11.5 Å². The molecule has 0 bridgehead atoms. The summed E-state index contributed by atoms with van der Waals surface area (Å²) in [6.07, 6.45) is 0. The Morgan fingerprint density at radius 1 is 1.21 bits per heavy atom. The molecule has 2 aliphatic rings. The molecule has 2 N–H and O–H groups in total. The number of hydrogen-bond donors (Lipinski definition) is 2. The Morgan fingerprint density at radius 2 is 1.75 bits per heavy atom. The molecule has 2 fully saturated rings. The van der Waals surface area contributed by atoms with Crippen LogP contribution in [0.25, 0.3) is 0 Å². The van der Waals surface area contributed by atoms with Crippen molar-refractivity contribution >= 4 is 41.1 Å². The molecule has 2 saturated heterocycles. The number of halogens is 1. The monoisotopic (exact) mass is 428 g/mol. The van der Waals surface area contributed by atoms with Gasteiger partial charge in [0, 0.05) is 9.77 Å². The molecule has 3 atom stereocenters. The van der Waals surface area contributed by atoms with E-state index in [-0.39, 0.29) is 17.1 Å². The Balaban J connectivity index is 1.93. The average molecular weight is 429 g/mol. The molecule has 1 unspecified atom stereocenters. The quantitative estimate of drug-likeness (QED) is 0.691. The van der Waals surface area contributed by atoms with E-state index < -0.39 is 39.5 Å². The Hall–Kier alpha value is -2.13. The van der Waals surface area contributed by atoms with Gasteiger partial charge in [0.25, 0.3) is 11.8 Å². The number of fused-ring (bicyclic) bond motifs is 1. The van der Waals surface area contributed by atoms with E-state index in [4.69, 9.17) is 21.1 Å². The molecule has 2 amide bonds. The van der Waals surface area contributed by atoms with Gasteiger partial charge in [0.05, 0.1) is 14.2 Å². The number of benzene rings is 1. The zero-order chi connectivity index (χ0) is 21.0. The SMILES string of the molecule is COc1cc(Cl)cc(OC)c1C(=O)NC1(C)C(=O)N2[C@@H](C(=O)O)C(C)(C)S[C@@H]21. The van der Waals surface area contributed by atoms with Crippen molar-refractivity contribution in [2.75, 3.05) is 14.2 Å². The minimum Gasteiger partial charge on any atom is -0.496 e. The van der Waals surface area contributed by atoms with Crippen LogP contribution in [0.15, 0.2) is 12.1 Å². The van der Waals surface area contributed by atoms with Crippen molar-refractivity contribution in [1.82, 2.24) is 10.2 Å². The summed E-state index contributed by atoms with van der Waals surface area (Å²) in [6.45, 7) is 5.14. The van der Waals surface area contributed by atoms with Crippen molar-refractivity contribution in [1.29, 1.82) is 0 Å². The van der Waals surface area contributed by atoms with E-state index in [1.165, 1.54) is 43.0 Å². The lowest BCUT2D eigenvalue weighted by molar-refractivity contribution is -0.165. The summed E-state index contributed by atoms with van der Waals surface area (Å²) in [7, 11) is 2.79. The molecular weight excluding hydrogens is 408 g/mol. The Labute approximate surface area is 171 Å². The maximum absolute atomic E-state index is 13.0. The van der Waals surface area contributed by atoms with Crippen LogP contribution in [0.3, 0.4) is 0 Å². The maximum atomic E-state index is 13.0. The van der Waals surface area contributed by atoms with Gasteiger partial charge in [-0.15, -0.1) is 11.8 Å². The number of carbonyl (C=O) groups is 3. The molecule has 1 aromatic rings. The fraction of sp³-hybridized carbons (Fsp3) is 0.500. The number of rotatable bonds is 5. The maximum Gasteiger partial charge on any atom is 0.327 e. The molecule has 0 saturated carbocycles. The van der Waals surface area contributed by atoms with Gasteiger partial charge in [-0.25, -0.2) is 4.79 Å². The molecule has 0 aromatic heterocycles. The second-order valence-electron chi connectivity index (χ2n) is 7.37. The molecule has 0 radical (unpaired) electrons. The van der Waals surface area contributed by atoms with Gasteiger partial charge in [-0.3, -0.25) is 9.59 Å². The lowest BCUT2D eigenvalue weighted by Crippen LogP contribution is -2.78. The predicted octanol–water partition coefficient (Wildman–Crippen LogP) is 1.99. The first-order chi connectivity index (χ1) is 13.0. The van der Waals surface area contributed by atoms with Crippen LogP contribution in [-0.2, 0) is 9.59 Å². The fourth-order valence-electron chi connectivity index (χ4n) is 3.74. The number of amides is 2. The minimum absolute atomic E-state index is 0.110. The largest absolute Gasteiger partial charge is 0.496 e. The van der Waals surface area contributed by atoms with Crippen LogP contribution < -0.4 is 14.8 Å². The number of methoxy groups -OCH3 is 2. The van der Waals surface area contributed by atoms with Crippen LogP contribution in [0.2, 0.25) is 5.02 Å². The Kier molecular flexibility index (Phi) is 4.95. The number of thioether (sulfide) groups is 1. The normalized spacial score (nSPS) is 27.6. The molecular formula is C18H21ClN2O6S. The first-order valence-corrected chi connectivity index (χ1v) is 9.71. The number of carbonyl (C=O) groups excluding carboxylic acids is 2. The molecule has 28 heavy (non-hydrogen) atoms. The van der Waals surface area contributed by atoms with Gasteiger partial charge in [0.15, 0.2) is 0 Å². The molecule has 2 aliphatic heterocycles. The van der Waals surface area contributed by atoms with E-state index in [2.05, 4.69) is 5.32 Å². The van der Waals surface area contributed by atoms with E-state index >= 15 is 0 Å². The van der Waals surface area contributed by atoms with E-state index in [1.54, 1.807) is 20.8 Å². The van der Waals surface area contributed by atoms with Crippen LogP contribution in [0.4, 0.5) is 0 Å². The zero-order valence-corrected chi connectivity index (χ0v) is 17.6. The minimum atomic E-state index is -1.25. The summed E-state index contributed by atoms with van der Waals surface area (Å²) in [5.74, 6) is -1.67. The number of carboxylic acid groups (broad SMARTS) is 1. The molecule has 8 nitrogen and oxygen atoms in total. The number of nitrogens with one attached hydrogen (secondary N) is 1. The van der Waals surface area contributed by atoms with Gasteiger partial charge in [-0.1, -0.05) is 11.6 Å². The summed E-state index contributed by atoms with van der Waals surface area (Å²) in [5, 5.41) is 12.1. The molecule has 3 rings (SSSR count). The van der Waals surface area contributed by atoms with Gasteiger partial charge in [-0.2, -0.15) is 0 Å². The van der Waals surface area contributed by atoms with Crippen molar-refractivity contribution in [3.63, 3.8) is 0 Å². The van der Waals surface area contributed by atoms with Crippen LogP contribution in [0.5, 0.6) is 11.5 Å². The van der Waals surface area contributed by atoms with Crippen LogP contribution in [0, 0.1) is 0 Å². The van der Waals surface area contributed by atoms with E-state index in [9.17, 15) is 19.5 Å². The number of nitrogens with zero attached hydrogens (tertiary/aromatic N) is 1. The molecule has 1 aromatic carbocycles. The van der Waals surface area contributed by atoms with E-state index in [1.807, 2.05) is 0 Å². The summed E-state index contributed by atoms with van der Waals surface area (Å²) >= 11 is 7.37. The zero-order valence-electron chi connectivity index (χ0n) is 16.0. The van der Waals surface area contributed by atoms with Gasteiger partial charge in [-0.05, 0) is 32.9 Å². The molecule has 10 heteroatoms. The van der Waals surface area contributed by atoms with Gasteiger partial charge in [0.1, 0.15) is 34.0 Å². The van der Waals surface area contributed by atoms with Gasteiger partial charge < -0.3 is 24.8 Å². The number of aliphatic carboxylic acids is 1. The van der Waals surface area contributed by atoms with Crippen LogP contribution in [0.1, 0.15) is 31.1 Å². The highest BCUT2D eigenvalue weighted by atomic mass is 35.5. The third-order valence-corrected chi connectivity index (χ3v) is 7.05. The van der Waals surface area contributed by atoms with E-state index in [0.717, 1.165) is 0 Å². The number of ether oxygens (including phenoxy) is 2. The summed E-state index contributed by atoms with van der Waals surface area (Å²) in [4.78, 5) is 38.9. The Bertz CT molecular complexity index is 851. The summed E-state index contributed by atoms with van der Waals surface area (Å²) in [5.41, 5.74) is -1.14. The number of β-lactam (4-membered cyclic amide) rings is 1. The van der Waals surface area contributed by atoms with Crippen LogP contribution >= 0.6 is 23.4 Å². The van der Waals surface area contributed by atoms with Gasteiger partial charge in [0.2, 0.25) is 0 Å². The lowest BCUT2D eigenvalue weighted by Gasteiger charge is -2.51. The predicted molar refractivity (Wildman–Crippen MR) is 104 cm³/mol. The second kappa shape index (κ2) is 6.73. The third kappa shape index (κ3) is 2.88. The summed E-state index contributed by atoms with van der Waals surface area (Å²) < 4.78 is 9.80. The third-order valence-electron chi connectivity index (χ3n) is 5.08. The van der Waals surface area contributed by atoms with Crippen molar-refractivity contribution < 1.29 is 29.0 Å². The highest BCUT2D eigenvalue weighted by molar-refractivity contribution is 8.01. The topological polar surface area (TPSA) is 105 Å². The molecule has 152 valence electrons. The van der Waals surface area contributed by atoms with Crippen molar-refractivity contribution in [2.24, 2.45) is 0 Å². The first-order valence-electron chi connectivity index (χ1n) is 8.45. The number of hydrogen-bond acceptors (Lipinski definition) is 6. The molecule has 0 aliphatic carbocycles. The van der Waals surface area contributed by atoms with Crippen molar-refractivity contribution in [2.45, 2.75) is 42.5 Å².